The fourth-order valence-corrected chi connectivity index (χ4v) is 3.00. The normalized spacial score (nSPS) is 11.4. The minimum Gasteiger partial charge on any atom is -0.322 e. The molecule has 1 N–H and O–H groups in total. The summed E-state index contributed by atoms with van der Waals surface area (Å²) in [6.07, 6.45) is -4.82. The van der Waals surface area contributed by atoms with Gasteiger partial charge in [0.1, 0.15) is 23.0 Å². The number of benzene rings is 3. The number of carbonyl (C=O) groups excluding carboxylic acids is 1. The molecule has 0 aromatic heterocycles. The highest BCUT2D eigenvalue weighted by molar-refractivity contribution is 6.04. The number of amides is 1. The quantitative estimate of drug-likeness (QED) is 0.492. The summed E-state index contributed by atoms with van der Waals surface area (Å²) in [5.41, 5.74) is -0.901. The lowest BCUT2D eigenvalue weighted by Crippen LogP contribution is -2.16. The van der Waals surface area contributed by atoms with Crippen molar-refractivity contribution in [3.8, 4) is 0 Å². The maximum Gasteiger partial charge on any atom is 0.416 e. The highest BCUT2D eigenvalue weighted by Crippen LogP contribution is 2.33. The highest BCUT2D eigenvalue weighted by Gasteiger charge is 2.33. The van der Waals surface area contributed by atoms with Crippen LogP contribution < -0.4 is 5.32 Å². The van der Waals surface area contributed by atoms with Crippen LogP contribution in [-0.2, 0) is 12.6 Å². The average Bonchev–Trinajstić information content (AvgIpc) is 2.63. The summed E-state index contributed by atoms with van der Waals surface area (Å²) in [4.78, 5) is 12.2. The number of rotatable bonds is 4. The fourth-order valence-electron chi connectivity index (χ4n) is 3.00. The Bertz CT molecular complexity index is 1070. The van der Waals surface area contributed by atoms with Crippen LogP contribution in [0.1, 0.15) is 32.6 Å². The smallest absolute Gasteiger partial charge is 0.322 e. The van der Waals surface area contributed by atoms with Crippen LogP contribution in [0.15, 0.2) is 54.6 Å². The molecule has 8 heteroatoms. The van der Waals surface area contributed by atoms with E-state index in [4.69, 9.17) is 0 Å². The lowest BCUT2D eigenvalue weighted by atomic mass is 9.99. The minimum atomic E-state index is -4.70. The predicted molar refractivity (Wildman–Crippen MR) is 99.7 cm³/mol. The zero-order chi connectivity index (χ0) is 22.1. The Labute approximate surface area is 168 Å². The molecule has 30 heavy (non-hydrogen) atoms. The molecule has 3 rings (SSSR count). The number of nitrogens with one attached hydrogen (secondary N) is 1. The van der Waals surface area contributed by atoms with Gasteiger partial charge in [0.15, 0.2) is 0 Å². The summed E-state index contributed by atoms with van der Waals surface area (Å²) in [7, 11) is 0. The van der Waals surface area contributed by atoms with E-state index in [-0.39, 0.29) is 17.7 Å². The summed E-state index contributed by atoms with van der Waals surface area (Å²) < 4.78 is 80.4. The minimum absolute atomic E-state index is 0.107. The van der Waals surface area contributed by atoms with Gasteiger partial charge in [-0.2, -0.15) is 13.2 Å². The van der Waals surface area contributed by atoms with Gasteiger partial charge >= 0.3 is 6.18 Å². The number of carbonyl (C=O) groups is 1. The Balaban J connectivity index is 1.78. The second kappa shape index (κ2) is 8.22. The monoisotopic (exact) mass is 423 g/mol. The van der Waals surface area contributed by atoms with Crippen LogP contribution in [0.5, 0.6) is 0 Å². The molecule has 0 aliphatic heterocycles. The third-order valence-electron chi connectivity index (χ3n) is 4.40. The molecule has 0 unspecified atom stereocenters. The van der Waals surface area contributed by atoms with Crippen LogP contribution in [0.4, 0.5) is 32.0 Å². The van der Waals surface area contributed by atoms with Gasteiger partial charge < -0.3 is 5.32 Å². The van der Waals surface area contributed by atoms with Crippen molar-refractivity contribution < 1.29 is 31.1 Å². The first kappa shape index (κ1) is 21.4. The van der Waals surface area contributed by atoms with Crippen LogP contribution in [0.25, 0.3) is 0 Å². The van der Waals surface area contributed by atoms with Gasteiger partial charge in [-0.1, -0.05) is 18.2 Å². The van der Waals surface area contributed by atoms with E-state index in [2.05, 4.69) is 5.32 Å². The van der Waals surface area contributed by atoms with Gasteiger partial charge in [0.25, 0.3) is 5.91 Å². The van der Waals surface area contributed by atoms with Crippen molar-refractivity contribution in [1.82, 2.24) is 0 Å². The molecule has 2 nitrogen and oxygen atoms in total. The molecule has 0 spiro atoms. The van der Waals surface area contributed by atoms with Gasteiger partial charge in [-0.25, -0.2) is 13.2 Å². The third kappa shape index (κ3) is 4.82. The molecule has 0 radical (unpaired) electrons. The van der Waals surface area contributed by atoms with Crippen molar-refractivity contribution >= 4 is 11.6 Å². The van der Waals surface area contributed by atoms with Crippen LogP contribution in [0.2, 0.25) is 0 Å². The van der Waals surface area contributed by atoms with Gasteiger partial charge in [-0.15, -0.1) is 0 Å². The van der Waals surface area contributed by atoms with Gasteiger partial charge in [0.2, 0.25) is 0 Å². The first-order valence-corrected chi connectivity index (χ1v) is 8.76. The van der Waals surface area contributed by atoms with E-state index < -0.39 is 40.7 Å². The molecule has 3 aromatic carbocycles. The summed E-state index contributed by atoms with van der Waals surface area (Å²) in [5, 5.41) is 2.34. The summed E-state index contributed by atoms with van der Waals surface area (Å²) in [6.45, 7) is 1.48. The van der Waals surface area contributed by atoms with Crippen LogP contribution in [-0.4, -0.2) is 5.91 Å². The number of alkyl halides is 3. The van der Waals surface area contributed by atoms with E-state index in [1.165, 1.54) is 31.2 Å². The Kier molecular flexibility index (Phi) is 5.87. The van der Waals surface area contributed by atoms with Crippen molar-refractivity contribution in [2.75, 3.05) is 5.32 Å². The van der Waals surface area contributed by atoms with E-state index in [9.17, 15) is 31.1 Å². The number of hydrogen-bond donors (Lipinski definition) is 1. The zero-order valence-electron chi connectivity index (χ0n) is 15.6. The number of hydrogen-bond acceptors (Lipinski definition) is 1. The molecule has 3 aromatic rings. The maximum atomic E-state index is 13.9. The molecular formula is C22H15F6NO. The summed E-state index contributed by atoms with van der Waals surface area (Å²) in [5.74, 6) is -3.98. The molecule has 0 saturated carbocycles. The second-order valence-corrected chi connectivity index (χ2v) is 6.73. The topological polar surface area (TPSA) is 29.1 Å². The SMILES string of the molecule is Cc1cc(F)c(C(=O)Nc2ccc(Cc3ccc(F)cc3C(F)(F)F)cc2)c(F)c1. The predicted octanol–water partition coefficient (Wildman–Crippen LogP) is 6.27. The molecule has 0 aliphatic carbocycles. The van der Waals surface area contributed by atoms with E-state index in [1.807, 2.05) is 0 Å². The van der Waals surface area contributed by atoms with Crippen molar-refractivity contribution in [2.45, 2.75) is 19.5 Å². The summed E-state index contributed by atoms with van der Waals surface area (Å²) >= 11 is 0. The summed E-state index contributed by atoms with van der Waals surface area (Å²) in [6, 6.07) is 10.2. The molecule has 1 amide bonds. The Morgan fingerprint density at radius 2 is 1.50 bits per heavy atom. The van der Waals surface area contributed by atoms with Gasteiger partial charge in [-0.3, -0.25) is 4.79 Å². The van der Waals surface area contributed by atoms with Crippen molar-refractivity contribution in [3.63, 3.8) is 0 Å². The molecule has 0 saturated heterocycles. The van der Waals surface area contributed by atoms with E-state index >= 15 is 0 Å². The molecule has 0 bridgehead atoms. The van der Waals surface area contributed by atoms with Crippen molar-refractivity contribution in [2.24, 2.45) is 0 Å². The lowest BCUT2D eigenvalue weighted by molar-refractivity contribution is -0.138. The Morgan fingerprint density at radius 1 is 0.900 bits per heavy atom. The molecule has 156 valence electrons. The number of aryl methyl sites for hydroxylation is 1. The maximum absolute atomic E-state index is 13.9. The van der Waals surface area contributed by atoms with Gasteiger partial charge in [-0.05, 0) is 66.4 Å². The van der Waals surface area contributed by atoms with E-state index in [0.717, 1.165) is 24.3 Å². The zero-order valence-corrected chi connectivity index (χ0v) is 15.6. The lowest BCUT2D eigenvalue weighted by Gasteiger charge is -2.13. The van der Waals surface area contributed by atoms with Crippen molar-refractivity contribution in [3.05, 3.63) is 99.9 Å². The number of anilines is 1. The molecule has 0 heterocycles. The highest BCUT2D eigenvalue weighted by atomic mass is 19.4. The van der Waals surface area contributed by atoms with E-state index in [1.54, 1.807) is 0 Å². The second-order valence-electron chi connectivity index (χ2n) is 6.73. The fraction of sp³-hybridized carbons (Fsp3) is 0.136. The molecule has 0 fully saturated rings. The van der Waals surface area contributed by atoms with Gasteiger partial charge in [0.05, 0.1) is 5.56 Å². The van der Waals surface area contributed by atoms with Crippen LogP contribution in [0.3, 0.4) is 0 Å². The van der Waals surface area contributed by atoms with E-state index in [0.29, 0.717) is 17.2 Å². The molecule has 0 atom stereocenters. The largest absolute Gasteiger partial charge is 0.416 e. The van der Waals surface area contributed by atoms with Gasteiger partial charge in [0, 0.05) is 5.69 Å². The van der Waals surface area contributed by atoms with Crippen LogP contribution >= 0.6 is 0 Å². The van der Waals surface area contributed by atoms with Crippen molar-refractivity contribution in [1.29, 1.82) is 0 Å². The molecular weight excluding hydrogens is 408 g/mol. The van der Waals surface area contributed by atoms with Crippen LogP contribution in [0, 0.1) is 24.4 Å². The first-order valence-electron chi connectivity index (χ1n) is 8.76. The molecule has 0 aliphatic rings. The Morgan fingerprint density at radius 3 is 2.07 bits per heavy atom. The Hall–Kier alpha value is -3.29. The standard InChI is InChI=1S/C22H15F6NO/c1-12-8-18(24)20(19(25)9-12)21(30)29-16-6-2-13(3-7-16)10-14-4-5-15(23)11-17(14)22(26,27)28/h2-9,11H,10H2,1H3,(H,29,30). The average molecular weight is 423 g/mol. The number of halogens is 6. The first-order chi connectivity index (χ1) is 14.0. The third-order valence-corrected chi connectivity index (χ3v) is 4.40.